The SMILES string of the molecule is CCOc1ccccc1-c1nnc(SCc2cn(-c3ccccc3)nc2-c2ccccc2)o1. The monoisotopic (exact) mass is 454 g/mol. The molecule has 0 radical (unpaired) electrons. The maximum Gasteiger partial charge on any atom is 0.277 e. The second-order valence-corrected chi connectivity index (χ2v) is 8.17. The molecule has 0 amide bonds. The van der Waals surface area contributed by atoms with Gasteiger partial charge in [0.05, 0.1) is 23.6 Å². The van der Waals surface area contributed by atoms with Crippen LogP contribution in [-0.4, -0.2) is 26.6 Å². The zero-order valence-electron chi connectivity index (χ0n) is 18.1. The Kier molecular flexibility index (Phi) is 6.21. The Balaban J connectivity index is 1.41. The maximum absolute atomic E-state index is 5.95. The second kappa shape index (κ2) is 9.75. The van der Waals surface area contributed by atoms with E-state index in [-0.39, 0.29) is 0 Å². The zero-order chi connectivity index (χ0) is 22.5. The Morgan fingerprint density at radius 1 is 0.879 bits per heavy atom. The van der Waals surface area contributed by atoms with Crippen molar-refractivity contribution in [1.29, 1.82) is 0 Å². The molecule has 33 heavy (non-hydrogen) atoms. The van der Waals surface area contributed by atoms with Crippen molar-refractivity contribution in [3.8, 4) is 34.1 Å². The average molecular weight is 455 g/mol. The molecule has 3 aromatic carbocycles. The minimum Gasteiger partial charge on any atom is -0.493 e. The van der Waals surface area contributed by atoms with Gasteiger partial charge in [0.1, 0.15) is 5.75 Å². The summed E-state index contributed by atoms with van der Waals surface area (Å²) >= 11 is 1.49. The van der Waals surface area contributed by atoms with Crippen LogP contribution in [0.4, 0.5) is 0 Å². The summed E-state index contributed by atoms with van der Waals surface area (Å²) in [5.41, 5.74) is 4.90. The minimum absolute atomic E-state index is 0.449. The van der Waals surface area contributed by atoms with Crippen LogP contribution in [-0.2, 0) is 5.75 Å². The molecule has 0 aliphatic rings. The third-order valence-electron chi connectivity index (χ3n) is 5.03. The number of nitrogens with zero attached hydrogens (tertiary/aromatic N) is 4. The normalized spacial score (nSPS) is 10.9. The Morgan fingerprint density at radius 2 is 1.61 bits per heavy atom. The molecule has 0 N–H and O–H groups in total. The molecule has 0 aliphatic heterocycles. The van der Waals surface area contributed by atoms with Gasteiger partial charge in [-0.15, -0.1) is 10.2 Å². The molecular formula is C26H22N4O2S. The van der Waals surface area contributed by atoms with Gasteiger partial charge in [0.25, 0.3) is 11.1 Å². The summed E-state index contributed by atoms with van der Waals surface area (Å²) in [7, 11) is 0. The predicted molar refractivity (Wildman–Crippen MR) is 129 cm³/mol. The molecule has 6 nitrogen and oxygen atoms in total. The molecule has 0 spiro atoms. The van der Waals surface area contributed by atoms with Gasteiger partial charge in [0.2, 0.25) is 0 Å². The van der Waals surface area contributed by atoms with Gasteiger partial charge < -0.3 is 9.15 Å². The topological polar surface area (TPSA) is 66.0 Å². The Hall–Kier alpha value is -3.84. The van der Waals surface area contributed by atoms with E-state index in [1.165, 1.54) is 11.8 Å². The molecule has 0 unspecified atom stereocenters. The highest BCUT2D eigenvalue weighted by molar-refractivity contribution is 7.98. The summed E-state index contributed by atoms with van der Waals surface area (Å²) in [6.07, 6.45) is 2.06. The molecule has 0 saturated heterocycles. The van der Waals surface area contributed by atoms with Crippen LogP contribution < -0.4 is 4.74 Å². The van der Waals surface area contributed by atoms with Crippen molar-refractivity contribution >= 4 is 11.8 Å². The lowest BCUT2D eigenvalue weighted by Crippen LogP contribution is -1.93. The van der Waals surface area contributed by atoms with E-state index in [4.69, 9.17) is 14.3 Å². The number of aromatic nitrogens is 4. The van der Waals surface area contributed by atoms with Crippen LogP contribution in [0.25, 0.3) is 28.4 Å². The predicted octanol–water partition coefficient (Wildman–Crippen LogP) is 6.28. The number of hydrogen-bond donors (Lipinski definition) is 0. The quantitative estimate of drug-likeness (QED) is 0.257. The fourth-order valence-corrected chi connectivity index (χ4v) is 4.24. The van der Waals surface area contributed by atoms with E-state index in [0.29, 0.717) is 23.5 Å². The van der Waals surface area contributed by atoms with Gasteiger partial charge in [-0.3, -0.25) is 0 Å². The number of benzene rings is 3. The molecule has 5 aromatic rings. The van der Waals surface area contributed by atoms with Crippen LogP contribution in [0.5, 0.6) is 5.75 Å². The lowest BCUT2D eigenvalue weighted by molar-refractivity contribution is 0.340. The summed E-state index contributed by atoms with van der Waals surface area (Å²) in [5, 5.41) is 13.8. The first kappa shape index (κ1) is 21.0. The standard InChI is InChI=1S/C26H22N4O2S/c1-2-31-23-16-10-9-15-22(23)25-27-28-26(32-25)33-18-20-17-30(21-13-7-4-8-14-21)29-24(20)19-11-5-3-6-12-19/h3-17H,2,18H2,1H3. The molecule has 164 valence electrons. The van der Waals surface area contributed by atoms with E-state index >= 15 is 0 Å². The Morgan fingerprint density at radius 3 is 2.39 bits per heavy atom. The van der Waals surface area contributed by atoms with Crippen LogP contribution >= 0.6 is 11.8 Å². The third kappa shape index (κ3) is 4.68. The van der Waals surface area contributed by atoms with Crippen LogP contribution in [0.3, 0.4) is 0 Å². The van der Waals surface area contributed by atoms with Crippen molar-refractivity contribution in [3.63, 3.8) is 0 Å². The van der Waals surface area contributed by atoms with Crippen LogP contribution in [0.2, 0.25) is 0 Å². The molecule has 0 atom stereocenters. The van der Waals surface area contributed by atoms with E-state index in [2.05, 4.69) is 28.5 Å². The van der Waals surface area contributed by atoms with E-state index in [0.717, 1.165) is 33.8 Å². The van der Waals surface area contributed by atoms with Gasteiger partial charge in [-0.2, -0.15) is 5.10 Å². The zero-order valence-corrected chi connectivity index (χ0v) is 18.9. The Bertz CT molecular complexity index is 1330. The smallest absolute Gasteiger partial charge is 0.277 e. The minimum atomic E-state index is 0.449. The first-order valence-electron chi connectivity index (χ1n) is 10.7. The van der Waals surface area contributed by atoms with E-state index in [9.17, 15) is 0 Å². The molecule has 0 saturated carbocycles. The van der Waals surface area contributed by atoms with E-state index in [1.54, 1.807) is 0 Å². The number of ether oxygens (including phenoxy) is 1. The second-order valence-electron chi connectivity index (χ2n) is 7.24. The molecule has 0 bridgehead atoms. The van der Waals surface area contributed by atoms with Gasteiger partial charge in [0, 0.05) is 23.1 Å². The number of thioether (sulfide) groups is 1. The van der Waals surface area contributed by atoms with Gasteiger partial charge >= 0.3 is 0 Å². The summed E-state index contributed by atoms with van der Waals surface area (Å²) < 4.78 is 13.6. The van der Waals surface area contributed by atoms with Crippen molar-refractivity contribution in [2.75, 3.05) is 6.61 Å². The fourth-order valence-electron chi connectivity index (χ4n) is 3.51. The summed E-state index contributed by atoms with van der Waals surface area (Å²) in [6.45, 7) is 2.52. The maximum atomic E-state index is 5.95. The first-order chi connectivity index (χ1) is 16.3. The van der Waals surface area contributed by atoms with Gasteiger partial charge in [-0.05, 0) is 31.2 Å². The molecule has 5 rings (SSSR count). The van der Waals surface area contributed by atoms with Crippen LogP contribution in [0, 0.1) is 0 Å². The molecule has 2 heterocycles. The Labute approximate surface area is 196 Å². The molecule has 0 aliphatic carbocycles. The average Bonchev–Trinajstić information content (AvgIpc) is 3.52. The lowest BCUT2D eigenvalue weighted by Gasteiger charge is -2.06. The van der Waals surface area contributed by atoms with Gasteiger partial charge in [-0.25, -0.2) is 4.68 Å². The highest BCUT2D eigenvalue weighted by atomic mass is 32.2. The third-order valence-corrected chi connectivity index (χ3v) is 5.90. The van der Waals surface area contributed by atoms with Crippen LogP contribution in [0.1, 0.15) is 12.5 Å². The van der Waals surface area contributed by atoms with Crippen molar-refractivity contribution < 1.29 is 9.15 Å². The lowest BCUT2D eigenvalue weighted by atomic mass is 10.1. The number of para-hydroxylation sites is 2. The van der Waals surface area contributed by atoms with Crippen molar-refractivity contribution in [3.05, 3.63) is 96.7 Å². The molecule has 2 aromatic heterocycles. The van der Waals surface area contributed by atoms with Crippen molar-refractivity contribution in [2.45, 2.75) is 17.9 Å². The molecule has 0 fully saturated rings. The highest BCUT2D eigenvalue weighted by Crippen LogP contribution is 2.33. The molecular weight excluding hydrogens is 432 g/mol. The van der Waals surface area contributed by atoms with Crippen molar-refractivity contribution in [2.24, 2.45) is 0 Å². The summed E-state index contributed by atoms with van der Waals surface area (Å²) in [4.78, 5) is 0. The number of rotatable bonds is 8. The van der Waals surface area contributed by atoms with E-state index < -0.39 is 0 Å². The summed E-state index contributed by atoms with van der Waals surface area (Å²) in [6, 6.07) is 28.0. The highest BCUT2D eigenvalue weighted by Gasteiger charge is 2.16. The fraction of sp³-hybridized carbons (Fsp3) is 0.115. The van der Waals surface area contributed by atoms with Gasteiger partial charge in [-0.1, -0.05) is 72.4 Å². The van der Waals surface area contributed by atoms with Crippen LogP contribution in [0.15, 0.2) is 101 Å². The molecule has 7 heteroatoms. The first-order valence-corrected chi connectivity index (χ1v) is 11.7. The van der Waals surface area contributed by atoms with Gasteiger partial charge in [0.15, 0.2) is 0 Å². The largest absolute Gasteiger partial charge is 0.493 e. The van der Waals surface area contributed by atoms with E-state index in [1.807, 2.05) is 84.4 Å². The summed E-state index contributed by atoms with van der Waals surface area (Å²) in [5.74, 6) is 1.83. The van der Waals surface area contributed by atoms with Crippen molar-refractivity contribution in [1.82, 2.24) is 20.0 Å². The number of hydrogen-bond acceptors (Lipinski definition) is 6.